The standard InChI is InChI=1S/C10H14N4OS/c1-16-10(13-6-11)14-4-2-3-7-8(14)5-12-9(7)15/h7-8H,2-5H2,1H3,(H,12,15). The fourth-order valence-corrected chi connectivity index (χ4v) is 3.05. The lowest BCUT2D eigenvalue weighted by Gasteiger charge is -2.37. The topological polar surface area (TPSA) is 68.5 Å². The summed E-state index contributed by atoms with van der Waals surface area (Å²) < 4.78 is 0. The van der Waals surface area contributed by atoms with Crippen molar-refractivity contribution in [1.29, 1.82) is 5.26 Å². The first-order valence-electron chi connectivity index (χ1n) is 5.33. The maximum atomic E-state index is 11.6. The third-order valence-corrected chi connectivity index (χ3v) is 3.87. The number of carbonyl (C=O) groups excluding carboxylic acids is 1. The van der Waals surface area contributed by atoms with E-state index < -0.39 is 0 Å². The number of amides is 1. The van der Waals surface area contributed by atoms with Crippen molar-refractivity contribution < 1.29 is 4.79 Å². The molecule has 2 aliphatic rings. The molecule has 6 heteroatoms. The van der Waals surface area contributed by atoms with Crippen LogP contribution < -0.4 is 5.32 Å². The van der Waals surface area contributed by atoms with Crippen molar-refractivity contribution in [2.24, 2.45) is 10.9 Å². The van der Waals surface area contributed by atoms with Crippen molar-refractivity contribution >= 4 is 22.8 Å². The minimum atomic E-state index is 0.0739. The van der Waals surface area contributed by atoms with Gasteiger partial charge in [-0.05, 0) is 19.1 Å². The molecular weight excluding hydrogens is 224 g/mol. The number of nitriles is 1. The Kier molecular flexibility index (Phi) is 3.34. The zero-order chi connectivity index (χ0) is 11.5. The highest BCUT2D eigenvalue weighted by Crippen LogP contribution is 2.29. The molecule has 1 N–H and O–H groups in total. The van der Waals surface area contributed by atoms with Crippen molar-refractivity contribution in [3.63, 3.8) is 0 Å². The van der Waals surface area contributed by atoms with Crippen molar-refractivity contribution in [1.82, 2.24) is 10.2 Å². The molecule has 0 radical (unpaired) electrons. The number of hydrogen-bond acceptors (Lipinski definition) is 4. The predicted octanol–water partition coefficient (Wildman–Crippen LogP) is 0.397. The summed E-state index contributed by atoms with van der Waals surface area (Å²) in [6.45, 7) is 1.56. The monoisotopic (exact) mass is 238 g/mol. The van der Waals surface area contributed by atoms with Crippen LogP contribution in [-0.4, -0.2) is 41.4 Å². The van der Waals surface area contributed by atoms with Crippen LogP contribution >= 0.6 is 11.8 Å². The Hall–Kier alpha value is -1.22. The molecule has 16 heavy (non-hydrogen) atoms. The first-order valence-corrected chi connectivity index (χ1v) is 6.55. The zero-order valence-corrected chi connectivity index (χ0v) is 9.96. The Morgan fingerprint density at radius 2 is 2.56 bits per heavy atom. The SMILES string of the molecule is CSC(=NC#N)N1CCCC2C(=O)NCC21. The van der Waals surface area contributed by atoms with E-state index in [0.29, 0.717) is 6.54 Å². The Labute approximate surface area is 98.9 Å². The maximum absolute atomic E-state index is 11.6. The number of nitrogens with zero attached hydrogens (tertiary/aromatic N) is 3. The van der Waals surface area contributed by atoms with Gasteiger partial charge in [0.15, 0.2) is 5.17 Å². The first kappa shape index (κ1) is 11.3. The molecule has 2 fully saturated rings. The van der Waals surface area contributed by atoms with E-state index in [1.54, 1.807) is 0 Å². The predicted molar refractivity (Wildman–Crippen MR) is 62.8 cm³/mol. The molecule has 0 saturated carbocycles. The third-order valence-electron chi connectivity index (χ3n) is 3.18. The van der Waals surface area contributed by atoms with Crippen LogP contribution in [0.1, 0.15) is 12.8 Å². The Morgan fingerprint density at radius 3 is 3.25 bits per heavy atom. The number of carbonyl (C=O) groups is 1. The molecule has 0 aromatic rings. The Morgan fingerprint density at radius 1 is 1.75 bits per heavy atom. The quantitative estimate of drug-likeness (QED) is 0.377. The summed E-state index contributed by atoms with van der Waals surface area (Å²) in [5.74, 6) is 0.219. The van der Waals surface area contributed by atoms with Crippen LogP contribution in [0.5, 0.6) is 0 Å². The van der Waals surface area contributed by atoms with Crippen LogP contribution in [0.15, 0.2) is 4.99 Å². The molecule has 2 atom stereocenters. The highest BCUT2D eigenvalue weighted by Gasteiger charge is 2.41. The lowest BCUT2D eigenvalue weighted by Crippen LogP contribution is -2.47. The lowest BCUT2D eigenvalue weighted by atomic mass is 9.92. The van der Waals surface area contributed by atoms with Crippen molar-refractivity contribution in [3.8, 4) is 6.19 Å². The number of amidine groups is 1. The van der Waals surface area contributed by atoms with Gasteiger partial charge in [-0.15, -0.1) is 4.99 Å². The van der Waals surface area contributed by atoms with E-state index in [1.165, 1.54) is 11.8 Å². The van der Waals surface area contributed by atoms with Crippen LogP contribution in [0.4, 0.5) is 0 Å². The number of rotatable bonds is 0. The average Bonchev–Trinajstić information content (AvgIpc) is 2.68. The van der Waals surface area contributed by atoms with Gasteiger partial charge in [0.25, 0.3) is 0 Å². The van der Waals surface area contributed by atoms with E-state index in [4.69, 9.17) is 5.26 Å². The first-order chi connectivity index (χ1) is 7.77. The maximum Gasteiger partial charge on any atom is 0.225 e. The number of hydrogen-bond donors (Lipinski definition) is 1. The number of likely N-dealkylation sites (tertiary alicyclic amines) is 1. The van der Waals surface area contributed by atoms with Gasteiger partial charge in [-0.2, -0.15) is 5.26 Å². The normalized spacial score (nSPS) is 29.6. The fourth-order valence-electron chi connectivity index (χ4n) is 2.46. The Balaban J connectivity index is 2.19. The fraction of sp³-hybridized carbons (Fsp3) is 0.700. The summed E-state index contributed by atoms with van der Waals surface area (Å²) in [6, 6.07) is 0.181. The van der Waals surface area contributed by atoms with Gasteiger partial charge in [0, 0.05) is 13.1 Å². The molecule has 2 rings (SSSR count). The van der Waals surface area contributed by atoms with Gasteiger partial charge in [0.1, 0.15) is 0 Å². The van der Waals surface area contributed by atoms with Gasteiger partial charge in [0.05, 0.1) is 12.0 Å². The van der Waals surface area contributed by atoms with Crippen LogP contribution in [0.2, 0.25) is 0 Å². The van der Waals surface area contributed by atoms with Crippen LogP contribution in [0.3, 0.4) is 0 Å². The lowest BCUT2D eigenvalue weighted by molar-refractivity contribution is -0.123. The number of nitrogens with one attached hydrogen (secondary N) is 1. The summed E-state index contributed by atoms with van der Waals surface area (Å²) >= 11 is 1.47. The smallest absolute Gasteiger partial charge is 0.225 e. The largest absolute Gasteiger partial charge is 0.354 e. The minimum absolute atomic E-state index is 0.0739. The molecule has 0 spiro atoms. The van der Waals surface area contributed by atoms with Gasteiger partial charge in [-0.3, -0.25) is 4.79 Å². The number of aliphatic imine (C=N–C) groups is 1. The second kappa shape index (κ2) is 4.74. The van der Waals surface area contributed by atoms with Gasteiger partial charge < -0.3 is 10.2 Å². The van der Waals surface area contributed by atoms with Crippen molar-refractivity contribution in [3.05, 3.63) is 0 Å². The molecule has 86 valence electrons. The minimum Gasteiger partial charge on any atom is -0.354 e. The molecule has 2 aliphatic heterocycles. The molecule has 1 amide bonds. The number of thioether (sulfide) groups is 1. The second-order valence-corrected chi connectivity index (χ2v) is 4.73. The van der Waals surface area contributed by atoms with Gasteiger partial charge in [-0.25, -0.2) is 0 Å². The molecule has 2 unspecified atom stereocenters. The Bertz CT molecular complexity index is 362. The average molecular weight is 238 g/mol. The molecule has 2 saturated heterocycles. The van der Waals surface area contributed by atoms with Crippen LogP contribution in [0, 0.1) is 17.4 Å². The van der Waals surface area contributed by atoms with Crippen molar-refractivity contribution in [2.45, 2.75) is 18.9 Å². The summed E-state index contributed by atoms with van der Waals surface area (Å²) in [6.07, 6.45) is 5.67. The molecule has 2 heterocycles. The van der Waals surface area contributed by atoms with Gasteiger partial charge in [0.2, 0.25) is 12.1 Å². The highest BCUT2D eigenvalue weighted by molar-refractivity contribution is 8.13. The van der Waals surface area contributed by atoms with Crippen LogP contribution in [0.25, 0.3) is 0 Å². The third kappa shape index (κ3) is 1.87. The van der Waals surface area contributed by atoms with E-state index in [-0.39, 0.29) is 17.9 Å². The van der Waals surface area contributed by atoms with E-state index >= 15 is 0 Å². The molecular formula is C10H14N4OS. The number of fused-ring (bicyclic) bond motifs is 1. The second-order valence-electron chi connectivity index (χ2n) is 3.95. The van der Waals surface area contributed by atoms with Crippen LogP contribution in [-0.2, 0) is 4.79 Å². The van der Waals surface area contributed by atoms with Gasteiger partial charge >= 0.3 is 0 Å². The zero-order valence-electron chi connectivity index (χ0n) is 9.14. The number of piperidine rings is 1. The van der Waals surface area contributed by atoms with Crippen molar-refractivity contribution in [2.75, 3.05) is 19.3 Å². The van der Waals surface area contributed by atoms with E-state index in [9.17, 15) is 4.79 Å². The highest BCUT2D eigenvalue weighted by atomic mass is 32.2. The van der Waals surface area contributed by atoms with Gasteiger partial charge in [-0.1, -0.05) is 11.8 Å². The summed E-state index contributed by atoms with van der Waals surface area (Å²) in [5.41, 5.74) is 0. The van der Waals surface area contributed by atoms with E-state index in [0.717, 1.165) is 24.6 Å². The molecule has 0 aromatic carbocycles. The summed E-state index contributed by atoms with van der Waals surface area (Å²) in [7, 11) is 0. The molecule has 0 aromatic heterocycles. The summed E-state index contributed by atoms with van der Waals surface area (Å²) in [4.78, 5) is 17.5. The summed E-state index contributed by atoms with van der Waals surface area (Å²) in [5, 5.41) is 12.2. The van der Waals surface area contributed by atoms with E-state index in [2.05, 4.69) is 15.2 Å². The van der Waals surface area contributed by atoms with E-state index in [1.807, 2.05) is 12.4 Å². The molecule has 0 bridgehead atoms. The molecule has 5 nitrogen and oxygen atoms in total. The molecule has 0 aliphatic carbocycles.